The minimum absolute atomic E-state index is 0.0118. The Morgan fingerprint density at radius 2 is 1.77 bits per heavy atom. The summed E-state index contributed by atoms with van der Waals surface area (Å²) in [5.41, 5.74) is 1.29. The maximum atomic E-state index is 15.4. The molecule has 1 aromatic heterocycles. The van der Waals surface area contributed by atoms with Gasteiger partial charge in [0.1, 0.15) is 11.8 Å². The molecule has 3 aromatic rings. The van der Waals surface area contributed by atoms with Gasteiger partial charge in [-0.2, -0.15) is 0 Å². The molecule has 1 aliphatic rings. The van der Waals surface area contributed by atoms with E-state index in [1.807, 2.05) is 0 Å². The second-order valence-corrected chi connectivity index (χ2v) is 12.0. The number of phenolic OH excluding ortho intramolecular Hbond substituents is 1. The van der Waals surface area contributed by atoms with Crippen molar-refractivity contribution in [3.8, 4) is 5.75 Å². The first-order valence-electron chi connectivity index (χ1n) is 14.3. The molecule has 11 heteroatoms. The fraction of sp³-hybridized carbons (Fsp3) is 0.394. The zero-order chi connectivity index (χ0) is 32.4. The molecule has 2 aromatic carbocycles. The van der Waals surface area contributed by atoms with Crippen molar-refractivity contribution < 1.29 is 33.4 Å². The van der Waals surface area contributed by atoms with E-state index in [-0.39, 0.29) is 24.3 Å². The molecule has 9 nitrogen and oxygen atoms in total. The molecular weight excluding hydrogens is 570 g/mol. The lowest BCUT2D eigenvalue weighted by Crippen LogP contribution is -2.57. The number of pyridine rings is 1. The van der Waals surface area contributed by atoms with Crippen LogP contribution in [0.2, 0.25) is 0 Å². The summed E-state index contributed by atoms with van der Waals surface area (Å²) < 4.78 is 30.8. The highest BCUT2D eigenvalue weighted by atomic mass is 19.3. The van der Waals surface area contributed by atoms with Crippen molar-refractivity contribution >= 4 is 17.7 Å². The number of carbonyl (C=O) groups excluding carboxylic acids is 3. The number of phenols is 1. The lowest BCUT2D eigenvalue weighted by atomic mass is 9.81. The van der Waals surface area contributed by atoms with Crippen molar-refractivity contribution in [1.82, 2.24) is 20.5 Å². The van der Waals surface area contributed by atoms with Gasteiger partial charge in [-0.1, -0.05) is 44.2 Å². The Bertz CT molecular complexity index is 1550. The Hall–Kier alpha value is -4.38. The van der Waals surface area contributed by atoms with Crippen molar-refractivity contribution in [2.24, 2.45) is 5.41 Å². The maximum Gasteiger partial charge on any atom is 0.272 e. The van der Waals surface area contributed by atoms with Crippen LogP contribution >= 0.6 is 0 Å². The zero-order valence-corrected chi connectivity index (χ0v) is 25.4. The third-order valence-corrected chi connectivity index (χ3v) is 8.45. The number of likely N-dealkylation sites (tertiary alicyclic amines) is 1. The fourth-order valence-electron chi connectivity index (χ4n) is 5.53. The second kappa shape index (κ2) is 12.7. The first-order chi connectivity index (χ1) is 20.6. The molecule has 0 radical (unpaired) electrons. The normalized spacial score (nSPS) is 18.4. The molecule has 2 heterocycles. The van der Waals surface area contributed by atoms with Gasteiger partial charge in [0.15, 0.2) is 6.10 Å². The summed E-state index contributed by atoms with van der Waals surface area (Å²) in [7, 11) is 0. The third kappa shape index (κ3) is 6.57. The Labute approximate surface area is 255 Å². The molecule has 3 amide bonds. The van der Waals surface area contributed by atoms with Crippen molar-refractivity contribution in [3.05, 3.63) is 94.3 Å². The van der Waals surface area contributed by atoms with E-state index in [1.54, 1.807) is 75.6 Å². The van der Waals surface area contributed by atoms with Gasteiger partial charge in [0.05, 0.1) is 18.0 Å². The average molecular weight is 609 g/mol. The number of nitrogens with zero attached hydrogens (tertiary/aromatic N) is 2. The van der Waals surface area contributed by atoms with E-state index in [4.69, 9.17) is 0 Å². The van der Waals surface area contributed by atoms with Crippen molar-refractivity contribution in [1.29, 1.82) is 0 Å². The first kappa shape index (κ1) is 32.5. The summed E-state index contributed by atoms with van der Waals surface area (Å²) in [6.45, 7) is 6.43. The van der Waals surface area contributed by atoms with Crippen LogP contribution in [0.25, 0.3) is 0 Å². The molecule has 0 bridgehead atoms. The summed E-state index contributed by atoms with van der Waals surface area (Å²) >= 11 is 0. The number of aliphatic hydroxyl groups excluding tert-OH is 1. The molecule has 0 unspecified atom stereocenters. The lowest BCUT2D eigenvalue weighted by molar-refractivity contribution is -0.148. The first-order valence-corrected chi connectivity index (χ1v) is 14.3. The van der Waals surface area contributed by atoms with E-state index in [0.29, 0.717) is 21.6 Å². The number of aliphatic hydroxyl groups is 1. The van der Waals surface area contributed by atoms with Crippen LogP contribution in [0.15, 0.2) is 60.9 Å². The average Bonchev–Trinajstić information content (AvgIpc) is 3.16. The smallest absolute Gasteiger partial charge is 0.272 e. The van der Waals surface area contributed by atoms with Crippen LogP contribution in [0.4, 0.5) is 8.78 Å². The number of nitrogens with one attached hydrogen (secondary N) is 2. The van der Waals surface area contributed by atoms with Gasteiger partial charge < -0.3 is 25.7 Å². The highest BCUT2D eigenvalue weighted by Crippen LogP contribution is 2.48. The van der Waals surface area contributed by atoms with Crippen molar-refractivity contribution in [2.75, 3.05) is 6.54 Å². The number of rotatable bonds is 9. The Morgan fingerprint density at radius 3 is 2.43 bits per heavy atom. The summed E-state index contributed by atoms with van der Waals surface area (Å²) in [6.07, 6.45) is 1.18. The van der Waals surface area contributed by atoms with E-state index >= 15 is 8.78 Å². The fourth-order valence-corrected chi connectivity index (χ4v) is 5.53. The van der Waals surface area contributed by atoms with Crippen molar-refractivity contribution in [2.45, 2.75) is 71.7 Å². The molecule has 4 N–H and O–H groups in total. The summed E-state index contributed by atoms with van der Waals surface area (Å²) in [5.74, 6) is -6.11. The minimum Gasteiger partial charge on any atom is -0.508 e. The SMILES string of the molecule is Cc1cc(O)c(C)c(C(=O)N[C@@H](Cc2ccccc2)[C@H](O)C(=O)N2CC(F)(F)C(C)(C)[C@H]2C(=O)NCc2ccncc2C)c1. The number of aromatic hydroxyl groups is 1. The highest BCUT2D eigenvalue weighted by Gasteiger charge is 2.64. The molecular formula is C33H38F2N4O5. The van der Waals surface area contributed by atoms with Gasteiger partial charge in [-0.25, -0.2) is 8.78 Å². The predicted molar refractivity (Wildman–Crippen MR) is 160 cm³/mol. The third-order valence-electron chi connectivity index (χ3n) is 8.45. The Balaban J connectivity index is 1.63. The topological polar surface area (TPSA) is 132 Å². The van der Waals surface area contributed by atoms with Gasteiger partial charge in [0, 0.05) is 30.1 Å². The molecule has 1 saturated heterocycles. The van der Waals surface area contributed by atoms with Gasteiger partial charge in [-0.3, -0.25) is 19.4 Å². The molecule has 234 valence electrons. The quantitative estimate of drug-likeness (QED) is 0.294. The number of aryl methyl sites for hydroxylation is 2. The maximum absolute atomic E-state index is 15.4. The predicted octanol–water partition coefficient (Wildman–Crippen LogP) is 3.60. The Kier molecular flexibility index (Phi) is 9.39. The van der Waals surface area contributed by atoms with E-state index in [1.165, 1.54) is 19.9 Å². The number of hydrogen-bond donors (Lipinski definition) is 4. The Morgan fingerprint density at radius 1 is 1.09 bits per heavy atom. The highest BCUT2D eigenvalue weighted by molar-refractivity contribution is 5.97. The van der Waals surface area contributed by atoms with Gasteiger partial charge in [-0.05, 0) is 67.6 Å². The second-order valence-electron chi connectivity index (χ2n) is 12.0. The molecule has 1 aliphatic heterocycles. The molecule has 44 heavy (non-hydrogen) atoms. The molecule has 3 atom stereocenters. The van der Waals surface area contributed by atoms with Crippen LogP contribution in [-0.2, 0) is 22.6 Å². The van der Waals surface area contributed by atoms with E-state index in [0.717, 1.165) is 11.1 Å². The zero-order valence-electron chi connectivity index (χ0n) is 25.4. The number of hydrogen-bond acceptors (Lipinski definition) is 6. The van der Waals surface area contributed by atoms with Crippen LogP contribution in [-0.4, -0.2) is 68.5 Å². The molecule has 0 saturated carbocycles. The van der Waals surface area contributed by atoms with Gasteiger partial charge in [0.25, 0.3) is 17.7 Å². The molecule has 1 fully saturated rings. The van der Waals surface area contributed by atoms with E-state index in [9.17, 15) is 24.6 Å². The largest absolute Gasteiger partial charge is 0.508 e. The number of halogens is 2. The standard InChI is InChI=1S/C33H38F2N4O5/c1-19-13-24(21(3)26(40)14-19)29(42)38-25(15-22-9-7-6-8-10-22)27(41)31(44)39-18-33(34,35)32(4,5)28(39)30(43)37-17-23-11-12-36-16-20(23)2/h6-14,16,25,27-28,40-41H,15,17-18H2,1-5H3,(H,37,43)(H,38,42)/t25-,27-,28+/m0/s1. The van der Waals surface area contributed by atoms with Crippen LogP contribution in [0, 0.1) is 26.2 Å². The molecule has 4 rings (SSSR count). The van der Waals surface area contributed by atoms with E-state index in [2.05, 4.69) is 15.6 Å². The van der Waals surface area contributed by atoms with Crippen LogP contribution in [0.3, 0.4) is 0 Å². The van der Waals surface area contributed by atoms with E-state index < -0.39 is 53.8 Å². The summed E-state index contributed by atoms with van der Waals surface area (Å²) in [6, 6.07) is 10.7. The summed E-state index contributed by atoms with van der Waals surface area (Å²) in [4.78, 5) is 45.4. The van der Waals surface area contributed by atoms with Gasteiger partial charge >= 0.3 is 0 Å². The number of amides is 3. The molecule has 0 spiro atoms. The van der Waals surface area contributed by atoms with Crippen LogP contribution in [0.1, 0.15) is 52.0 Å². The number of carbonyl (C=O) groups is 3. The lowest BCUT2D eigenvalue weighted by Gasteiger charge is -2.34. The minimum atomic E-state index is -3.45. The number of alkyl halides is 2. The van der Waals surface area contributed by atoms with Crippen LogP contribution in [0.5, 0.6) is 5.75 Å². The monoisotopic (exact) mass is 608 g/mol. The van der Waals surface area contributed by atoms with Crippen LogP contribution < -0.4 is 10.6 Å². The number of aromatic nitrogens is 1. The van der Waals surface area contributed by atoms with Gasteiger partial charge in [-0.15, -0.1) is 0 Å². The van der Waals surface area contributed by atoms with Gasteiger partial charge in [0.2, 0.25) is 5.91 Å². The number of benzene rings is 2. The molecule has 0 aliphatic carbocycles. The van der Waals surface area contributed by atoms with Crippen molar-refractivity contribution in [3.63, 3.8) is 0 Å². The summed E-state index contributed by atoms with van der Waals surface area (Å²) in [5, 5.41) is 27.0.